The first-order valence-corrected chi connectivity index (χ1v) is 11.8. The molecule has 10 nitrogen and oxygen atoms in total. The summed E-state index contributed by atoms with van der Waals surface area (Å²) >= 11 is 0. The average molecular weight is 473 g/mol. The van der Waals surface area contributed by atoms with Crippen LogP contribution in [0.3, 0.4) is 0 Å². The first kappa shape index (κ1) is 21.9. The number of aromatic nitrogens is 5. The van der Waals surface area contributed by atoms with Crippen LogP contribution in [-0.2, 0) is 4.74 Å². The van der Waals surface area contributed by atoms with Crippen molar-refractivity contribution in [1.29, 1.82) is 0 Å². The summed E-state index contributed by atoms with van der Waals surface area (Å²) in [5.41, 5.74) is 9.87. The van der Waals surface area contributed by atoms with Crippen LogP contribution in [0.15, 0.2) is 49.2 Å². The van der Waals surface area contributed by atoms with E-state index in [0.29, 0.717) is 24.2 Å². The van der Waals surface area contributed by atoms with Crippen LogP contribution in [-0.4, -0.2) is 73.2 Å². The minimum absolute atomic E-state index is 0.0523. The molecule has 2 saturated heterocycles. The normalized spacial score (nSPS) is 21.2. The number of β-amino-alcohol motifs (C(OH)–C–C–N with tert-alkyl or cyclic N) is 1. The fraction of sp³-hybridized carbons (Fsp3) is 0.360. The van der Waals surface area contributed by atoms with Crippen molar-refractivity contribution in [3.63, 3.8) is 0 Å². The van der Waals surface area contributed by atoms with Crippen LogP contribution in [0.2, 0.25) is 0 Å². The van der Waals surface area contributed by atoms with Crippen LogP contribution in [0.25, 0.3) is 22.0 Å². The Morgan fingerprint density at radius 2 is 2.09 bits per heavy atom. The van der Waals surface area contributed by atoms with Crippen LogP contribution in [0, 0.1) is 6.92 Å². The number of nitrogen functional groups attached to an aromatic ring is 1. The number of hydrogen-bond donors (Lipinski definition) is 3. The van der Waals surface area contributed by atoms with Gasteiger partial charge in [0.05, 0.1) is 49.0 Å². The van der Waals surface area contributed by atoms with Gasteiger partial charge in [0.1, 0.15) is 11.6 Å². The van der Waals surface area contributed by atoms with E-state index in [9.17, 15) is 5.11 Å². The maximum absolute atomic E-state index is 10.7. The number of likely N-dealkylation sites (tertiary alicyclic amines) is 1. The van der Waals surface area contributed by atoms with Crippen LogP contribution in [0.4, 0.5) is 17.3 Å². The smallest absolute Gasteiger partial charge is 0.133 e. The van der Waals surface area contributed by atoms with E-state index in [1.54, 1.807) is 24.8 Å². The van der Waals surface area contributed by atoms with E-state index in [0.717, 1.165) is 59.5 Å². The van der Waals surface area contributed by atoms with Gasteiger partial charge in [-0.1, -0.05) is 0 Å². The van der Waals surface area contributed by atoms with Gasteiger partial charge in [-0.2, -0.15) is 5.10 Å². The zero-order valence-corrected chi connectivity index (χ0v) is 19.5. The number of piperidine rings is 1. The third kappa shape index (κ3) is 4.20. The molecular weight excluding hydrogens is 444 g/mol. The average Bonchev–Trinajstić information content (AvgIpc) is 3.26. The van der Waals surface area contributed by atoms with E-state index in [4.69, 9.17) is 10.5 Å². The molecule has 2 aliphatic heterocycles. The Hall–Kier alpha value is -3.60. The van der Waals surface area contributed by atoms with Crippen molar-refractivity contribution in [1.82, 2.24) is 29.6 Å². The number of pyridine rings is 3. The summed E-state index contributed by atoms with van der Waals surface area (Å²) in [4.78, 5) is 15.6. The molecule has 0 spiro atoms. The van der Waals surface area contributed by atoms with Crippen molar-refractivity contribution in [3.8, 4) is 11.3 Å². The molecule has 180 valence electrons. The Bertz CT molecular complexity index is 1370. The van der Waals surface area contributed by atoms with E-state index in [2.05, 4.69) is 30.3 Å². The summed E-state index contributed by atoms with van der Waals surface area (Å²) in [6.07, 6.45) is 9.35. The molecule has 10 heteroatoms. The van der Waals surface area contributed by atoms with Gasteiger partial charge in [-0.15, -0.1) is 0 Å². The maximum Gasteiger partial charge on any atom is 0.133 e. The van der Waals surface area contributed by atoms with E-state index in [1.165, 1.54) is 0 Å². The minimum Gasteiger partial charge on any atom is -0.390 e. The number of ether oxygens (including phenoxy) is 1. The summed E-state index contributed by atoms with van der Waals surface area (Å²) in [5, 5.41) is 20.3. The largest absolute Gasteiger partial charge is 0.390 e. The number of rotatable bonds is 5. The molecule has 2 atom stereocenters. The van der Waals surface area contributed by atoms with Crippen LogP contribution >= 0.6 is 0 Å². The second-order valence-corrected chi connectivity index (χ2v) is 9.32. The fourth-order valence-corrected chi connectivity index (χ4v) is 4.86. The lowest BCUT2D eigenvalue weighted by Crippen LogP contribution is -2.55. The second kappa shape index (κ2) is 8.88. The Kier molecular flexibility index (Phi) is 5.56. The zero-order chi connectivity index (χ0) is 23.9. The van der Waals surface area contributed by atoms with Crippen molar-refractivity contribution in [2.45, 2.75) is 31.5 Å². The predicted molar refractivity (Wildman–Crippen MR) is 133 cm³/mol. The third-order valence-corrected chi connectivity index (χ3v) is 6.99. The number of nitrogens with zero attached hydrogens (tertiary/aromatic N) is 6. The molecule has 0 aromatic carbocycles. The highest BCUT2D eigenvalue weighted by molar-refractivity contribution is 5.94. The second-order valence-electron chi connectivity index (χ2n) is 9.32. The molecule has 2 fully saturated rings. The monoisotopic (exact) mass is 472 g/mol. The molecule has 4 aromatic rings. The Balaban J connectivity index is 1.21. The van der Waals surface area contributed by atoms with Gasteiger partial charge >= 0.3 is 0 Å². The maximum atomic E-state index is 10.7. The summed E-state index contributed by atoms with van der Waals surface area (Å²) in [7, 11) is 0. The van der Waals surface area contributed by atoms with E-state index in [1.807, 2.05) is 36.0 Å². The molecule has 0 saturated carbocycles. The van der Waals surface area contributed by atoms with Gasteiger partial charge in [0.25, 0.3) is 0 Å². The van der Waals surface area contributed by atoms with Crippen molar-refractivity contribution < 1.29 is 9.84 Å². The SMILES string of the molecule is Cc1ccncc1-c1cc2cc(Nc3cnn(C4CCN(C5COC5)CC4O)c3)ncc2c(N)n1. The van der Waals surface area contributed by atoms with Crippen molar-refractivity contribution in [2.24, 2.45) is 0 Å². The number of aliphatic hydroxyl groups is 1. The number of fused-ring (bicyclic) bond motifs is 1. The first-order chi connectivity index (χ1) is 17.0. The molecule has 0 bridgehead atoms. The van der Waals surface area contributed by atoms with Gasteiger partial charge in [-0.25, -0.2) is 9.97 Å². The highest BCUT2D eigenvalue weighted by atomic mass is 16.5. The molecule has 4 N–H and O–H groups in total. The van der Waals surface area contributed by atoms with Crippen LogP contribution in [0.5, 0.6) is 0 Å². The van der Waals surface area contributed by atoms with E-state index >= 15 is 0 Å². The van der Waals surface area contributed by atoms with Gasteiger partial charge in [-0.05, 0) is 42.5 Å². The lowest BCUT2D eigenvalue weighted by atomic mass is 10.00. The van der Waals surface area contributed by atoms with Gasteiger partial charge in [0.2, 0.25) is 0 Å². The van der Waals surface area contributed by atoms with Gasteiger partial charge in [0, 0.05) is 48.8 Å². The number of nitrogens with one attached hydrogen (secondary N) is 1. The minimum atomic E-state index is -0.472. The molecule has 0 amide bonds. The van der Waals surface area contributed by atoms with Crippen molar-refractivity contribution in [2.75, 3.05) is 37.4 Å². The molecule has 6 rings (SSSR count). The summed E-state index contributed by atoms with van der Waals surface area (Å²) in [6, 6.07) is 6.30. The molecular formula is C25H28N8O2. The molecule has 2 aliphatic rings. The molecule has 2 unspecified atom stereocenters. The molecule has 0 radical (unpaired) electrons. The number of anilines is 3. The van der Waals surface area contributed by atoms with Crippen molar-refractivity contribution >= 4 is 28.1 Å². The quantitative estimate of drug-likeness (QED) is 0.401. The van der Waals surface area contributed by atoms with Crippen LogP contribution in [0.1, 0.15) is 18.0 Å². The van der Waals surface area contributed by atoms with E-state index in [-0.39, 0.29) is 6.04 Å². The number of nitrogens with two attached hydrogens (primary N) is 1. The Morgan fingerprint density at radius 3 is 2.86 bits per heavy atom. The highest BCUT2D eigenvalue weighted by Gasteiger charge is 2.35. The summed E-state index contributed by atoms with van der Waals surface area (Å²) in [5.74, 6) is 1.11. The lowest BCUT2D eigenvalue weighted by Gasteiger charge is -2.43. The fourth-order valence-electron chi connectivity index (χ4n) is 4.86. The molecule has 6 heterocycles. The van der Waals surface area contributed by atoms with Crippen LogP contribution < -0.4 is 11.1 Å². The topological polar surface area (TPSA) is 127 Å². The highest BCUT2D eigenvalue weighted by Crippen LogP contribution is 2.30. The molecule has 0 aliphatic carbocycles. The van der Waals surface area contributed by atoms with E-state index < -0.39 is 6.10 Å². The zero-order valence-electron chi connectivity index (χ0n) is 19.5. The predicted octanol–water partition coefficient (Wildman–Crippen LogP) is 2.53. The lowest BCUT2D eigenvalue weighted by molar-refractivity contribution is -0.0945. The summed E-state index contributed by atoms with van der Waals surface area (Å²) < 4.78 is 7.15. The number of hydrogen-bond acceptors (Lipinski definition) is 9. The Labute approximate surface area is 202 Å². The molecule has 35 heavy (non-hydrogen) atoms. The molecule has 4 aromatic heterocycles. The Morgan fingerprint density at radius 1 is 1.20 bits per heavy atom. The van der Waals surface area contributed by atoms with Gasteiger partial charge < -0.3 is 20.9 Å². The summed E-state index contributed by atoms with van der Waals surface area (Å²) in [6.45, 7) is 5.12. The van der Waals surface area contributed by atoms with Gasteiger partial charge in [0.15, 0.2) is 0 Å². The number of aryl methyl sites for hydroxylation is 1. The van der Waals surface area contributed by atoms with Gasteiger partial charge in [-0.3, -0.25) is 14.6 Å². The van der Waals surface area contributed by atoms with Crippen molar-refractivity contribution in [3.05, 3.63) is 54.7 Å². The number of aliphatic hydroxyl groups excluding tert-OH is 1. The third-order valence-electron chi connectivity index (χ3n) is 6.99. The standard InChI is InChI=1S/C25H28N8O2/c1-15-2-4-27-9-19(15)21-6-16-7-24(28-10-20(16)25(26)31-21)30-17-8-29-33(11-17)22-3-5-32(12-23(22)34)18-13-35-14-18/h2,4,6-11,18,22-23,34H,3,5,12-14H2,1H3,(H2,26,31)(H,28,30). The first-order valence-electron chi connectivity index (χ1n) is 11.8.